The predicted molar refractivity (Wildman–Crippen MR) is 186 cm³/mol. The zero-order valence-corrected chi connectivity index (χ0v) is 29.0. The molecule has 0 spiro atoms. The molecule has 4 heterocycles. The van der Waals surface area contributed by atoms with Gasteiger partial charge in [-0.1, -0.05) is 96.6 Å². The first-order chi connectivity index (χ1) is 20.9. The predicted octanol–water partition coefficient (Wildman–Crippen LogP) is 10.5. The minimum Gasteiger partial charge on any atom is -0.306 e. The van der Waals surface area contributed by atoms with Crippen LogP contribution in [0.25, 0.3) is 21.8 Å². The molecule has 2 unspecified atom stereocenters. The van der Waals surface area contributed by atoms with Crippen LogP contribution in [0.1, 0.15) is 88.8 Å². The molecular formula is C36H43BrN2O2S2. The zero-order chi connectivity index (χ0) is 30.5. The Balaban J connectivity index is 1.66. The number of hydrogen-bond donors (Lipinski definition) is 0. The summed E-state index contributed by atoms with van der Waals surface area (Å²) in [7, 11) is 0. The van der Waals surface area contributed by atoms with Gasteiger partial charge >= 0.3 is 0 Å². The molecule has 0 bridgehead atoms. The van der Waals surface area contributed by atoms with Gasteiger partial charge in [0.1, 0.15) is 0 Å². The normalized spacial score (nSPS) is 16.6. The fourth-order valence-corrected chi connectivity index (χ4v) is 8.79. The fourth-order valence-electron chi connectivity index (χ4n) is 6.27. The number of carbonyl (C=O) groups is 2. The van der Waals surface area contributed by atoms with Crippen molar-refractivity contribution in [1.82, 2.24) is 9.80 Å². The van der Waals surface area contributed by atoms with Crippen molar-refractivity contribution in [2.45, 2.75) is 79.1 Å². The summed E-state index contributed by atoms with van der Waals surface area (Å²) in [5.41, 5.74) is 3.96. The Morgan fingerprint density at radius 1 is 0.651 bits per heavy atom. The number of halogens is 1. The Bertz CT molecular complexity index is 1500. The van der Waals surface area contributed by atoms with Crippen LogP contribution in [0, 0.1) is 11.8 Å². The van der Waals surface area contributed by atoms with Gasteiger partial charge in [0, 0.05) is 18.0 Å². The van der Waals surface area contributed by atoms with Gasteiger partial charge in [-0.2, -0.15) is 0 Å². The molecule has 2 aliphatic heterocycles. The lowest BCUT2D eigenvalue weighted by Gasteiger charge is -2.29. The van der Waals surface area contributed by atoms with E-state index in [1.165, 1.54) is 0 Å². The van der Waals surface area contributed by atoms with Crippen molar-refractivity contribution in [3.05, 3.63) is 79.3 Å². The lowest BCUT2D eigenvalue weighted by atomic mass is 9.98. The van der Waals surface area contributed by atoms with Crippen LogP contribution in [0.5, 0.6) is 0 Å². The summed E-state index contributed by atoms with van der Waals surface area (Å²) in [6, 6.07) is 18.7. The second-order valence-corrected chi connectivity index (χ2v) is 15.3. The molecule has 3 aromatic rings. The summed E-state index contributed by atoms with van der Waals surface area (Å²) in [6.07, 6.45) is 8.74. The molecule has 0 radical (unpaired) electrons. The Morgan fingerprint density at radius 2 is 1.14 bits per heavy atom. The van der Waals surface area contributed by atoms with Gasteiger partial charge in [-0.25, -0.2) is 0 Å². The van der Waals surface area contributed by atoms with E-state index in [0.29, 0.717) is 36.1 Å². The third kappa shape index (κ3) is 6.64. The molecule has 1 aromatic carbocycles. The Morgan fingerprint density at radius 3 is 1.60 bits per heavy atom. The molecule has 43 heavy (non-hydrogen) atoms. The number of hydrogen-bond acceptors (Lipinski definition) is 4. The van der Waals surface area contributed by atoms with Gasteiger partial charge in [-0.05, 0) is 70.4 Å². The van der Waals surface area contributed by atoms with Crippen LogP contribution in [0.3, 0.4) is 0 Å². The van der Waals surface area contributed by atoms with Gasteiger partial charge in [0.05, 0.1) is 36.1 Å². The molecule has 4 nitrogen and oxygen atoms in total. The first-order valence-corrected chi connectivity index (χ1v) is 18.4. The van der Waals surface area contributed by atoms with Crippen molar-refractivity contribution in [3.63, 3.8) is 0 Å². The maximum absolute atomic E-state index is 14.6. The second kappa shape index (κ2) is 14.5. The first kappa shape index (κ1) is 31.9. The molecule has 2 aromatic heterocycles. The van der Waals surface area contributed by atoms with Crippen LogP contribution >= 0.6 is 38.6 Å². The number of benzene rings is 1. The number of rotatable bonds is 15. The molecule has 2 amide bonds. The van der Waals surface area contributed by atoms with Gasteiger partial charge in [-0.3, -0.25) is 9.59 Å². The Labute approximate surface area is 273 Å². The van der Waals surface area contributed by atoms with Crippen molar-refractivity contribution in [2.75, 3.05) is 13.1 Å². The van der Waals surface area contributed by atoms with E-state index in [1.807, 2.05) is 21.9 Å². The summed E-state index contributed by atoms with van der Waals surface area (Å²) in [5.74, 6) is 0.733. The van der Waals surface area contributed by atoms with E-state index in [-0.39, 0.29) is 11.8 Å². The van der Waals surface area contributed by atoms with E-state index >= 15 is 0 Å². The average molecular weight is 680 g/mol. The number of nitrogens with zero attached hydrogens (tertiary/aromatic N) is 2. The molecule has 7 heteroatoms. The van der Waals surface area contributed by atoms with Crippen LogP contribution in [0.15, 0.2) is 69.5 Å². The van der Waals surface area contributed by atoms with E-state index in [2.05, 4.69) is 86.1 Å². The maximum Gasteiger partial charge on any atom is 0.261 e. The van der Waals surface area contributed by atoms with Crippen molar-refractivity contribution >= 4 is 61.8 Å². The van der Waals surface area contributed by atoms with E-state index in [0.717, 1.165) is 86.7 Å². The highest BCUT2D eigenvalue weighted by Gasteiger charge is 2.50. The molecule has 0 saturated carbocycles. The van der Waals surface area contributed by atoms with Crippen LogP contribution in [-0.2, 0) is 9.59 Å². The van der Waals surface area contributed by atoms with Crippen molar-refractivity contribution in [1.29, 1.82) is 0 Å². The highest BCUT2D eigenvalue weighted by Crippen LogP contribution is 2.50. The molecular weight excluding hydrogens is 636 g/mol. The zero-order valence-electron chi connectivity index (χ0n) is 25.8. The van der Waals surface area contributed by atoms with Gasteiger partial charge in [0.2, 0.25) is 0 Å². The van der Waals surface area contributed by atoms with Gasteiger partial charge in [0.25, 0.3) is 11.8 Å². The van der Waals surface area contributed by atoms with Gasteiger partial charge < -0.3 is 9.80 Å². The Hall–Kier alpha value is -2.48. The number of unbranched alkanes of at least 4 members (excludes halogenated alkanes) is 2. The summed E-state index contributed by atoms with van der Waals surface area (Å²) < 4.78 is 0.998. The molecule has 0 N–H and O–H groups in total. The summed E-state index contributed by atoms with van der Waals surface area (Å²) in [4.78, 5) is 36.3. The monoisotopic (exact) mass is 678 g/mol. The number of thiophene rings is 2. The highest BCUT2D eigenvalue weighted by molar-refractivity contribution is 9.11. The maximum atomic E-state index is 14.6. The van der Waals surface area contributed by atoms with E-state index in [4.69, 9.17) is 0 Å². The average Bonchev–Trinajstić information content (AvgIpc) is 3.79. The van der Waals surface area contributed by atoms with Crippen molar-refractivity contribution in [3.8, 4) is 10.4 Å². The van der Waals surface area contributed by atoms with Crippen LogP contribution in [0.4, 0.5) is 0 Å². The second-order valence-electron chi connectivity index (χ2n) is 11.7. The topological polar surface area (TPSA) is 40.6 Å². The summed E-state index contributed by atoms with van der Waals surface area (Å²) in [5, 5.41) is 0. The number of fused-ring (bicyclic) bond motifs is 1. The third-order valence-electron chi connectivity index (χ3n) is 8.85. The molecule has 0 fully saturated rings. The van der Waals surface area contributed by atoms with Crippen LogP contribution < -0.4 is 0 Å². The minimum atomic E-state index is -0.0217. The van der Waals surface area contributed by atoms with Gasteiger partial charge in [0.15, 0.2) is 0 Å². The SMILES string of the molecule is CCCCC(CC)CN1C(=O)C2=C(c3ccc(-c4ccccc4)s3)N(CC(CC)CCCC)C(=O)C2=C1c1ccc(Br)s1. The fraction of sp³-hybridized carbons (Fsp3) is 0.444. The summed E-state index contributed by atoms with van der Waals surface area (Å²) >= 11 is 6.91. The summed E-state index contributed by atoms with van der Waals surface area (Å²) in [6.45, 7) is 10.1. The number of carbonyl (C=O) groups excluding carboxylic acids is 2. The van der Waals surface area contributed by atoms with Crippen molar-refractivity contribution < 1.29 is 9.59 Å². The van der Waals surface area contributed by atoms with Crippen molar-refractivity contribution in [2.24, 2.45) is 11.8 Å². The minimum absolute atomic E-state index is 0.0217. The van der Waals surface area contributed by atoms with Gasteiger partial charge in [-0.15, -0.1) is 22.7 Å². The lowest BCUT2D eigenvalue weighted by molar-refractivity contribution is -0.124. The van der Waals surface area contributed by atoms with E-state index < -0.39 is 0 Å². The first-order valence-electron chi connectivity index (χ1n) is 16.0. The number of amides is 2. The molecule has 228 valence electrons. The quantitative estimate of drug-likeness (QED) is 0.160. The Kier molecular flexibility index (Phi) is 10.8. The van der Waals surface area contributed by atoms with E-state index in [1.54, 1.807) is 22.7 Å². The molecule has 2 aliphatic rings. The highest BCUT2D eigenvalue weighted by atomic mass is 79.9. The molecule has 0 saturated heterocycles. The molecule has 2 atom stereocenters. The van der Waals surface area contributed by atoms with Crippen LogP contribution in [-0.4, -0.2) is 34.7 Å². The lowest BCUT2D eigenvalue weighted by Crippen LogP contribution is -2.34. The largest absolute Gasteiger partial charge is 0.306 e. The molecule has 5 rings (SSSR count). The standard InChI is InChI=1S/C36H43BrN2O2S2/c1-5-9-14-24(7-3)22-38-33(28-19-18-27(42-28)26-16-12-11-13-17-26)31-32(36(38)41)34(29-20-21-30(37)43-29)39(35(31)40)23-25(8-4)15-10-6-2/h11-13,16-21,24-25H,5-10,14-15,22-23H2,1-4H3. The smallest absolute Gasteiger partial charge is 0.261 e. The van der Waals surface area contributed by atoms with Crippen LogP contribution in [0.2, 0.25) is 0 Å². The van der Waals surface area contributed by atoms with E-state index in [9.17, 15) is 9.59 Å². The molecule has 0 aliphatic carbocycles. The third-order valence-corrected chi connectivity index (χ3v) is 11.6.